The highest BCUT2D eigenvalue weighted by Crippen LogP contribution is 2.30. The molecule has 0 spiro atoms. The maximum absolute atomic E-state index is 14.0. The number of hydrogen-bond donors (Lipinski definition) is 1. The van der Waals surface area contributed by atoms with Crippen molar-refractivity contribution in [1.82, 2.24) is 4.98 Å². The third-order valence-corrected chi connectivity index (χ3v) is 6.75. The van der Waals surface area contributed by atoms with Gasteiger partial charge in [-0.3, -0.25) is 24.4 Å². The molecule has 1 aliphatic rings. The number of carbonyl (C=O) groups excluding carboxylic acids is 3. The van der Waals surface area contributed by atoms with Gasteiger partial charge in [0.1, 0.15) is 6.04 Å². The van der Waals surface area contributed by atoms with E-state index in [4.69, 9.17) is 9.73 Å². The molecule has 0 unspecified atom stereocenters. The molecule has 1 N–H and O–H groups in total. The smallest absolute Gasteiger partial charge is 0.252 e. The van der Waals surface area contributed by atoms with Crippen molar-refractivity contribution in [2.75, 3.05) is 30.5 Å². The fourth-order valence-corrected chi connectivity index (χ4v) is 4.55. The number of nitrogens with one attached hydrogen (secondary N) is 1. The lowest BCUT2D eigenvalue weighted by Gasteiger charge is -2.29. The topological polar surface area (TPSA) is 101 Å². The Kier molecular flexibility index (Phi) is 8.66. The van der Waals surface area contributed by atoms with E-state index in [1.165, 1.54) is 4.90 Å². The molecule has 4 rings (SSSR count). The molecule has 0 radical (unpaired) electrons. The summed E-state index contributed by atoms with van der Waals surface area (Å²) in [5.74, 6) is -0.927. The number of fused-ring (bicyclic) bond motifs is 1. The second kappa shape index (κ2) is 12.1. The number of aromatic nitrogens is 1. The van der Waals surface area contributed by atoms with Gasteiger partial charge in [0, 0.05) is 30.0 Å². The van der Waals surface area contributed by atoms with Crippen LogP contribution in [-0.2, 0) is 25.5 Å². The highest BCUT2D eigenvalue weighted by atomic mass is 16.5. The van der Waals surface area contributed by atoms with Gasteiger partial charge >= 0.3 is 0 Å². The molecular weight excluding hydrogens is 492 g/mol. The number of Topliss-reactive ketones (excluding diaryl/α,β-unsaturated/α-hetero) is 1. The second-order valence-electron chi connectivity index (χ2n) is 10.2. The summed E-state index contributed by atoms with van der Waals surface area (Å²) in [4.78, 5) is 51.3. The average molecular weight is 527 g/mol. The Morgan fingerprint density at radius 1 is 1.05 bits per heavy atom. The number of ether oxygens (including phenoxy) is 1. The molecular formula is C31H34N4O4. The molecule has 0 saturated heterocycles. The fraction of sp³-hybridized carbons (Fsp3) is 0.323. The third-order valence-electron chi connectivity index (χ3n) is 6.75. The van der Waals surface area contributed by atoms with Crippen molar-refractivity contribution < 1.29 is 19.1 Å². The molecule has 2 amide bonds. The first-order valence-corrected chi connectivity index (χ1v) is 13.0. The molecule has 1 aliphatic heterocycles. The van der Waals surface area contributed by atoms with E-state index in [9.17, 15) is 14.4 Å². The van der Waals surface area contributed by atoms with Gasteiger partial charge in [-0.05, 0) is 42.3 Å². The number of hydrogen-bond acceptors (Lipinski definition) is 6. The number of ketones is 1. The van der Waals surface area contributed by atoms with Crippen LogP contribution < -0.4 is 10.2 Å². The van der Waals surface area contributed by atoms with Gasteiger partial charge in [-0.25, -0.2) is 0 Å². The molecule has 8 heteroatoms. The number of anilines is 2. The van der Waals surface area contributed by atoms with Crippen molar-refractivity contribution in [2.24, 2.45) is 10.4 Å². The molecule has 8 nitrogen and oxygen atoms in total. The van der Waals surface area contributed by atoms with Crippen LogP contribution in [0.1, 0.15) is 44.0 Å². The zero-order valence-corrected chi connectivity index (χ0v) is 22.8. The van der Waals surface area contributed by atoms with Gasteiger partial charge in [-0.15, -0.1) is 0 Å². The Morgan fingerprint density at radius 2 is 1.82 bits per heavy atom. The number of amides is 2. The highest BCUT2D eigenvalue weighted by Gasteiger charge is 2.37. The van der Waals surface area contributed by atoms with Crippen molar-refractivity contribution in [1.29, 1.82) is 0 Å². The molecule has 3 aromatic rings. The first-order valence-electron chi connectivity index (χ1n) is 13.0. The number of aliphatic imine (C=N–C) groups is 1. The third kappa shape index (κ3) is 6.46. The number of methoxy groups -OCH3 is 1. The van der Waals surface area contributed by atoms with Crippen LogP contribution in [0, 0.1) is 5.41 Å². The monoisotopic (exact) mass is 526 g/mol. The number of benzene rings is 2. The van der Waals surface area contributed by atoms with Crippen molar-refractivity contribution in [3.05, 3.63) is 89.7 Å². The molecule has 1 atom stereocenters. The Labute approximate surface area is 229 Å². The van der Waals surface area contributed by atoms with Gasteiger partial charge in [-0.1, -0.05) is 57.2 Å². The molecule has 0 fully saturated rings. The molecule has 1 aromatic heterocycles. The van der Waals surface area contributed by atoms with Gasteiger partial charge in [0.25, 0.3) is 5.91 Å². The predicted octanol–water partition coefficient (Wildman–Crippen LogP) is 4.47. The van der Waals surface area contributed by atoms with Crippen LogP contribution in [-0.4, -0.2) is 54.6 Å². The molecule has 39 heavy (non-hydrogen) atoms. The molecule has 0 bridgehead atoms. The number of rotatable bonds is 10. The maximum Gasteiger partial charge on any atom is 0.252 e. The van der Waals surface area contributed by atoms with E-state index < -0.39 is 17.4 Å². The van der Waals surface area contributed by atoms with Crippen LogP contribution in [0.4, 0.5) is 11.4 Å². The average Bonchev–Trinajstić information content (AvgIpc) is 3.04. The zero-order chi connectivity index (χ0) is 28.0. The summed E-state index contributed by atoms with van der Waals surface area (Å²) in [5.41, 5.74) is 3.23. The van der Waals surface area contributed by atoms with Crippen LogP contribution in [0.3, 0.4) is 0 Å². The lowest BCUT2D eigenvalue weighted by Crippen LogP contribution is -2.46. The van der Waals surface area contributed by atoms with Crippen LogP contribution in [0.15, 0.2) is 77.9 Å². The Morgan fingerprint density at radius 3 is 2.54 bits per heavy atom. The van der Waals surface area contributed by atoms with Gasteiger partial charge in [0.2, 0.25) is 5.91 Å². The van der Waals surface area contributed by atoms with E-state index in [2.05, 4.69) is 10.3 Å². The number of nitrogens with zero attached hydrogens (tertiary/aromatic N) is 3. The van der Waals surface area contributed by atoms with E-state index in [1.807, 2.05) is 61.5 Å². The summed E-state index contributed by atoms with van der Waals surface area (Å²) in [6.07, 6.45) is 2.30. The number of para-hydroxylation sites is 1. The van der Waals surface area contributed by atoms with Crippen molar-refractivity contribution in [2.45, 2.75) is 39.7 Å². The van der Waals surface area contributed by atoms with Gasteiger partial charge in [0.15, 0.2) is 5.78 Å². The van der Waals surface area contributed by atoms with E-state index in [-0.39, 0.29) is 31.3 Å². The number of benzodiazepines with no additional fused rings is 1. The maximum atomic E-state index is 14.0. The van der Waals surface area contributed by atoms with Gasteiger partial charge in [0.05, 0.1) is 36.7 Å². The quantitative estimate of drug-likeness (QED) is 0.420. The lowest BCUT2D eigenvalue weighted by atomic mass is 9.88. The minimum atomic E-state index is -1.05. The van der Waals surface area contributed by atoms with E-state index in [0.717, 1.165) is 12.0 Å². The summed E-state index contributed by atoms with van der Waals surface area (Å²) < 4.78 is 5.25. The van der Waals surface area contributed by atoms with Crippen LogP contribution in [0.5, 0.6) is 0 Å². The summed E-state index contributed by atoms with van der Waals surface area (Å²) in [6.45, 7) is 5.67. The summed E-state index contributed by atoms with van der Waals surface area (Å²) >= 11 is 0. The fourth-order valence-electron chi connectivity index (χ4n) is 4.55. The normalized spacial score (nSPS) is 15.3. The van der Waals surface area contributed by atoms with Crippen LogP contribution >= 0.6 is 0 Å². The Hall–Kier alpha value is -4.17. The molecule has 202 valence electrons. The van der Waals surface area contributed by atoms with Gasteiger partial charge in [-0.2, -0.15) is 0 Å². The first-order chi connectivity index (χ1) is 18.7. The van der Waals surface area contributed by atoms with Crippen molar-refractivity contribution in [3.63, 3.8) is 0 Å². The van der Waals surface area contributed by atoms with E-state index in [1.54, 1.807) is 39.3 Å². The van der Waals surface area contributed by atoms with Crippen LogP contribution in [0.2, 0.25) is 0 Å². The SMILES string of the molecule is CCc1cccc(NC(=O)C[C@@H]2N=C(c3ccccn3)c3ccccc3N(CC(=O)C(C)(C)COC)C2=O)c1. The number of aryl methyl sites for hydroxylation is 1. The summed E-state index contributed by atoms with van der Waals surface area (Å²) in [6, 6.07) is 19.3. The second-order valence-corrected chi connectivity index (χ2v) is 10.2. The standard InChI is InChI=1S/C31H34N4O4/c1-5-21-11-10-12-22(17-21)33-28(37)18-25-30(38)35(19-27(36)31(2,3)20-39-4)26-15-7-6-13-23(26)29(34-25)24-14-8-9-16-32-24/h6-17,25H,5,18-20H2,1-4H3,(H,33,37)/t25-/m0/s1. The van der Waals surface area contributed by atoms with E-state index >= 15 is 0 Å². The highest BCUT2D eigenvalue weighted by molar-refractivity contribution is 6.20. The minimum absolute atomic E-state index is 0.159. The summed E-state index contributed by atoms with van der Waals surface area (Å²) in [5, 5.41) is 2.90. The predicted molar refractivity (Wildman–Crippen MR) is 152 cm³/mol. The van der Waals surface area contributed by atoms with Gasteiger partial charge < -0.3 is 15.0 Å². The van der Waals surface area contributed by atoms with Crippen molar-refractivity contribution >= 4 is 34.7 Å². The Bertz CT molecular complexity index is 1380. The molecule has 2 heterocycles. The zero-order valence-electron chi connectivity index (χ0n) is 22.8. The largest absolute Gasteiger partial charge is 0.384 e. The lowest BCUT2D eigenvalue weighted by molar-refractivity contribution is -0.130. The molecule has 0 saturated carbocycles. The first kappa shape index (κ1) is 27.9. The van der Waals surface area contributed by atoms with Crippen LogP contribution in [0.25, 0.3) is 0 Å². The molecule has 0 aliphatic carbocycles. The minimum Gasteiger partial charge on any atom is -0.384 e. The Balaban J connectivity index is 1.73. The van der Waals surface area contributed by atoms with Crippen molar-refractivity contribution in [3.8, 4) is 0 Å². The molecule has 2 aromatic carbocycles. The van der Waals surface area contributed by atoms with E-state index in [0.29, 0.717) is 28.3 Å². The number of carbonyl (C=O) groups is 3. The summed E-state index contributed by atoms with van der Waals surface area (Å²) in [7, 11) is 1.54. The number of pyridine rings is 1.